The number of ether oxygens (including phenoxy) is 1. The molecule has 0 aliphatic rings. The molecular weight excluding hydrogens is 376 g/mol. The molecular formula is C21H20N2O4S. The fraction of sp³-hybridized carbons (Fsp3) is 0.190. The number of aromatic nitrogens is 1. The summed E-state index contributed by atoms with van der Waals surface area (Å²) in [5.41, 5.74) is 3.08. The van der Waals surface area contributed by atoms with Crippen LogP contribution in [0.25, 0.3) is 0 Å². The van der Waals surface area contributed by atoms with Crippen molar-refractivity contribution in [3.8, 4) is 0 Å². The van der Waals surface area contributed by atoms with Gasteiger partial charge >= 0.3 is 5.97 Å². The van der Waals surface area contributed by atoms with Gasteiger partial charge in [0.2, 0.25) is 5.78 Å². The number of aryl methyl sites for hydroxylation is 1. The molecule has 7 heteroatoms. The van der Waals surface area contributed by atoms with Crippen LogP contribution in [-0.4, -0.2) is 28.8 Å². The van der Waals surface area contributed by atoms with Gasteiger partial charge in [-0.25, -0.2) is 4.79 Å². The summed E-state index contributed by atoms with van der Waals surface area (Å²) in [5, 5.41) is 4.56. The Labute approximate surface area is 166 Å². The molecule has 28 heavy (non-hydrogen) atoms. The monoisotopic (exact) mass is 396 g/mol. The zero-order valence-corrected chi connectivity index (χ0v) is 16.6. The average Bonchev–Trinajstić information content (AvgIpc) is 3.31. The molecule has 0 atom stereocenters. The second-order valence-corrected chi connectivity index (χ2v) is 7.30. The molecule has 0 saturated carbocycles. The second kappa shape index (κ2) is 8.22. The third-order valence-corrected chi connectivity index (χ3v) is 5.38. The molecule has 0 spiro atoms. The average molecular weight is 396 g/mol. The predicted molar refractivity (Wildman–Crippen MR) is 108 cm³/mol. The Morgan fingerprint density at radius 2 is 1.89 bits per heavy atom. The van der Waals surface area contributed by atoms with Crippen LogP contribution in [0.4, 0.5) is 5.69 Å². The van der Waals surface area contributed by atoms with Gasteiger partial charge in [0.25, 0.3) is 5.91 Å². The standard InChI is InChI=1S/C21H20N2O4S/c1-13-10-17(14(2)23(13)3)18(24)12-27-21(26)15-6-4-7-16(11-15)22-20(25)19-8-5-9-28-19/h4-11H,12H2,1-3H3,(H,22,25). The van der Waals surface area contributed by atoms with E-state index in [-0.39, 0.29) is 23.9 Å². The summed E-state index contributed by atoms with van der Waals surface area (Å²) in [4.78, 5) is 37.4. The Bertz CT molecular complexity index is 1030. The van der Waals surface area contributed by atoms with Crippen molar-refractivity contribution < 1.29 is 19.1 Å². The van der Waals surface area contributed by atoms with E-state index < -0.39 is 5.97 Å². The highest BCUT2D eigenvalue weighted by Crippen LogP contribution is 2.17. The summed E-state index contributed by atoms with van der Waals surface area (Å²) in [7, 11) is 1.88. The van der Waals surface area contributed by atoms with E-state index in [0.717, 1.165) is 11.4 Å². The van der Waals surface area contributed by atoms with Crippen molar-refractivity contribution >= 4 is 34.7 Å². The van der Waals surface area contributed by atoms with Crippen LogP contribution in [0.15, 0.2) is 47.8 Å². The maximum absolute atomic E-state index is 12.4. The SMILES string of the molecule is Cc1cc(C(=O)COC(=O)c2cccc(NC(=O)c3cccs3)c2)c(C)n1C. The number of anilines is 1. The Kier molecular flexibility index (Phi) is 5.75. The molecule has 0 radical (unpaired) electrons. The van der Waals surface area contributed by atoms with Crippen LogP contribution in [0.3, 0.4) is 0 Å². The van der Waals surface area contributed by atoms with E-state index in [2.05, 4.69) is 5.32 Å². The molecule has 1 amide bonds. The van der Waals surface area contributed by atoms with Gasteiger partial charge in [0.15, 0.2) is 6.61 Å². The predicted octanol–water partition coefficient (Wildman–Crippen LogP) is 4.00. The molecule has 0 aliphatic heterocycles. The molecule has 1 N–H and O–H groups in total. The van der Waals surface area contributed by atoms with E-state index in [4.69, 9.17) is 4.74 Å². The van der Waals surface area contributed by atoms with Crippen molar-refractivity contribution in [1.82, 2.24) is 4.57 Å². The molecule has 3 rings (SSSR count). The van der Waals surface area contributed by atoms with Crippen molar-refractivity contribution in [2.45, 2.75) is 13.8 Å². The molecule has 6 nitrogen and oxygen atoms in total. The smallest absolute Gasteiger partial charge is 0.338 e. The van der Waals surface area contributed by atoms with Crippen LogP contribution in [-0.2, 0) is 11.8 Å². The topological polar surface area (TPSA) is 77.4 Å². The number of rotatable bonds is 6. The number of benzene rings is 1. The summed E-state index contributed by atoms with van der Waals surface area (Å²) in [6.07, 6.45) is 0. The van der Waals surface area contributed by atoms with Crippen LogP contribution in [0.5, 0.6) is 0 Å². The van der Waals surface area contributed by atoms with Crippen LogP contribution < -0.4 is 5.32 Å². The zero-order valence-electron chi connectivity index (χ0n) is 15.8. The zero-order chi connectivity index (χ0) is 20.3. The Morgan fingerprint density at radius 3 is 2.54 bits per heavy atom. The third-order valence-electron chi connectivity index (χ3n) is 4.51. The first-order valence-electron chi connectivity index (χ1n) is 8.65. The van der Waals surface area contributed by atoms with Gasteiger partial charge in [0, 0.05) is 29.7 Å². The lowest BCUT2D eigenvalue weighted by atomic mass is 10.1. The van der Waals surface area contributed by atoms with Gasteiger partial charge in [0.05, 0.1) is 10.4 Å². The van der Waals surface area contributed by atoms with E-state index in [1.54, 1.807) is 36.4 Å². The first-order chi connectivity index (χ1) is 13.4. The van der Waals surface area contributed by atoms with E-state index in [1.165, 1.54) is 17.4 Å². The Balaban J connectivity index is 1.63. The van der Waals surface area contributed by atoms with E-state index in [1.807, 2.05) is 30.8 Å². The molecule has 0 bridgehead atoms. The van der Waals surface area contributed by atoms with Crippen molar-refractivity contribution in [3.63, 3.8) is 0 Å². The Hall–Kier alpha value is -3.19. The summed E-state index contributed by atoms with van der Waals surface area (Å²) in [5.74, 6) is -1.12. The summed E-state index contributed by atoms with van der Waals surface area (Å²) in [6, 6.07) is 11.7. The van der Waals surface area contributed by atoms with Gasteiger partial charge in [-0.2, -0.15) is 0 Å². The first-order valence-corrected chi connectivity index (χ1v) is 9.53. The minimum absolute atomic E-state index is 0.245. The van der Waals surface area contributed by atoms with Crippen molar-refractivity contribution in [1.29, 1.82) is 0 Å². The van der Waals surface area contributed by atoms with Gasteiger partial charge in [-0.1, -0.05) is 12.1 Å². The first kappa shape index (κ1) is 19.6. The molecule has 144 valence electrons. The number of carbonyl (C=O) groups is 3. The van der Waals surface area contributed by atoms with E-state index >= 15 is 0 Å². The number of hydrogen-bond acceptors (Lipinski definition) is 5. The van der Waals surface area contributed by atoms with Crippen molar-refractivity contribution in [3.05, 3.63) is 75.2 Å². The summed E-state index contributed by atoms with van der Waals surface area (Å²) >= 11 is 1.33. The van der Waals surface area contributed by atoms with E-state index in [9.17, 15) is 14.4 Å². The fourth-order valence-corrected chi connectivity index (χ4v) is 3.37. The number of ketones is 1. The summed E-state index contributed by atoms with van der Waals surface area (Å²) < 4.78 is 7.08. The lowest BCUT2D eigenvalue weighted by Crippen LogP contribution is -2.15. The molecule has 3 aromatic rings. The number of nitrogens with one attached hydrogen (secondary N) is 1. The number of Topliss-reactive ketones (excluding diaryl/α,β-unsaturated/α-hetero) is 1. The number of esters is 1. The number of nitrogens with zero attached hydrogens (tertiary/aromatic N) is 1. The molecule has 0 unspecified atom stereocenters. The van der Waals surface area contributed by atoms with Gasteiger partial charge in [-0.3, -0.25) is 9.59 Å². The van der Waals surface area contributed by atoms with Crippen LogP contribution in [0.1, 0.15) is 41.8 Å². The highest BCUT2D eigenvalue weighted by atomic mass is 32.1. The minimum atomic E-state index is -0.620. The lowest BCUT2D eigenvalue weighted by Gasteiger charge is -2.07. The molecule has 2 heterocycles. The van der Waals surface area contributed by atoms with Crippen molar-refractivity contribution in [2.75, 3.05) is 11.9 Å². The number of thiophene rings is 1. The van der Waals surface area contributed by atoms with Gasteiger partial charge in [-0.15, -0.1) is 11.3 Å². The van der Waals surface area contributed by atoms with E-state index in [0.29, 0.717) is 16.1 Å². The second-order valence-electron chi connectivity index (χ2n) is 6.36. The largest absolute Gasteiger partial charge is 0.454 e. The third kappa shape index (κ3) is 4.20. The summed E-state index contributed by atoms with van der Waals surface area (Å²) in [6.45, 7) is 3.42. The minimum Gasteiger partial charge on any atom is -0.454 e. The normalized spacial score (nSPS) is 10.5. The van der Waals surface area contributed by atoms with Crippen LogP contribution in [0, 0.1) is 13.8 Å². The number of amides is 1. The molecule has 1 aromatic carbocycles. The van der Waals surface area contributed by atoms with Crippen LogP contribution in [0.2, 0.25) is 0 Å². The molecule has 0 fully saturated rings. The lowest BCUT2D eigenvalue weighted by molar-refractivity contribution is 0.0474. The molecule has 0 saturated heterocycles. The van der Waals surface area contributed by atoms with Crippen molar-refractivity contribution in [2.24, 2.45) is 7.05 Å². The van der Waals surface area contributed by atoms with Gasteiger partial charge in [-0.05, 0) is 49.6 Å². The van der Waals surface area contributed by atoms with Crippen LogP contribution >= 0.6 is 11.3 Å². The molecule has 0 aliphatic carbocycles. The van der Waals surface area contributed by atoms with Gasteiger partial charge in [0.1, 0.15) is 0 Å². The highest BCUT2D eigenvalue weighted by Gasteiger charge is 2.17. The maximum Gasteiger partial charge on any atom is 0.338 e. The number of carbonyl (C=O) groups excluding carboxylic acids is 3. The number of hydrogen-bond donors (Lipinski definition) is 1. The van der Waals surface area contributed by atoms with Gasteiger partial charge < -0.3 is 14.6 Å². The quantitative estimate of drug-likeness (QED) is 0.505. The fourth-order valence-electron chi connectivity index (χ4n) is 2.75. The Morgan fingerprint density at radius 1 is 1.11 bits per heavy atom. The maximum atomic E-state index is 12.4. The highest BCUT2D eigenvalue weighted by molar-refractivity contribution is 7.12. The molecule has 2 aromatic heterocycles.